The van der Waals surface area contributed by atoms with Crippen molar-refractivity contribution in [2.24, 2.45) is 5.92 Å². The molecule has 3 nitrogen and oxygen atoms in total. The highest BCUT2D eigenvalue weighted by atomic mass is 16.5. The summed E-state index contributed by atoms with van der Waals surface area (Å²) in [6.45, 7) is 15.1. The van der Waals surface area contributed by atoms with E-state index in [1.54, 1.807) is 6.92 Å². The Labute approximate surface area is 184 Å². The molecule has 0 saturated heterocycles. The van der Waals surface area contributed by atoms with Gasteiger partial charge in [0.05, 0.1) is 18.8 Å². The fraction of sp³-hybridized carbons (Fsp3) is 0.556. The van der Waals surface area contributed by atoms with E-state index >= 15 is 0 Å². The molecule has 0 fully saturated rings. The summed E-state index contributed by atoms with van der Waals surface area (Å²) >= 11 is 0. The maximum absolute atomic E-state index is 9.72. The van der Waals surface area contributed by atoms with Crippen LogP contribution in [-0.2, 0) is 5.41 Å². The van der Waals surface area contributed by atoms with Gasteiger partial charge in [0.1, 0.15) is 5.75 Å². The number of aliphatic hydroxyl groups is 2. The molecule has 3 atom stereocenters. The maximum atomic E-state index is 9.72. The Kier molecular flexibility index (Phi) is 11.1. The molecule has 0 spiro atoms. The molecule has 0 amide bonds. The van der Waals surface area contributed by atoms with Gasteiger partial charge in [0.2, 0.25) is 0 Å². The summed E-state index contributed by atoms with van der Waals surface area (Å²) in [7, 11) is 0. The highest BCUT2D eigenvalue weighted by Crippen LogP contribution is 2.32. The first-order chi connectivity index (χ1) is 14.1. The lowest BCUT2D eigenvalue weighted by molar-refractivity contribution is 0.124. The number of benzene rings is 2. The van der Waals surface area contributed by atoms with Crippen molar-refractivity contribution in [2.45, 2.75) is 85.4 Å². The monoisotopic (exact) mass is 414 g/mol. The fourth-order valence-electron chi connectivity index (χ4n) is 3.04. The second-order valence-electron chi connectivity index (χ2n) is 8.99. The Hall–Kier alpha value is -1.84. The molecule has 0 saturated carbocycles. The van der Waals surface area contributed by atoms with Crippen molar-refractivity contribution in [3.05, 3.63) is 65.2 Å². The minimum atomic E-state index is -0.226. The maximum Gasteiger partial charge on any atom is 0.119 e. The minimum Gasteiger partial charge on any atom is -0.493 e. The van der Waals surface area contributed by atoms with Crippen LogP contribution in [0.25, 0.3) is 0 Å². The lowest BCUT2D eigenvalue weighted by Crippen LogP contribution is -2.19. The van der Waals surface area contributed by atoms with Gasteiger partial charge in [-0.3, -0.25) is 0 Å². The smallest absolute Gasteiger partial charge is 0.119 e. The van der Waals surface area contributed by atoms with Gasteiger partial charge in [-0.15, -0.1) is 0 Å². The second-order valence-corrected chi connectivity index (χ2v) is 8.99. The van der Waals surface area contributed by atoms with Crippen LogP contribution in [0.2, 0.25) is 0 Å². The molecule has 168 valence electrons. The number of aryl methyl sites for hydroxylation is 1. The lowest BCUT2D eigenvalue weighted by Gasteiger charge is -2.26. The van der Waals surface area contributed by atoms with E-state index in [-0.39, 0.29) is 17.6 Å². The van der Waals surface area contributed by atoms with E-state index in [0.717, 1.165) is 25.0 Å². The topological polar surface area (TPSA) is 49.7 Å². The second kappa shape index (κ2) is 12.8. The molecule has 30 heavy (non-hydrogen) atoms. The highest BCUT2D eigenvalue weighted by Gasteiger charge is 2.22. The van der Waals surface area contributed by atoms with E-state index < -0.39 is 0 Å². The summed E-state index contributed by atoms with van der Waals surface area (Å²) in [5.41, 5.74) is 3.84. The van der Waals surface area contributed by atoms with Crippen molar-refractivity contribution < 1.29 is 14.9 Å². The highest BCUT2D eigenvalue weighted by molar-refractivity contribution is 5.40. The van der Waals surface area contributed by atoms with Gasteiger partial charge in [0.25, 0.3) is 0 Å². The van der Waals surface area contributed by atoms with E-state index in [1.165, 1.54) is 16.7 Å². The number of hydrogen-bond donors (Lipinski definition) is 2. The van der Waals surface area contributed by atoms with Crippen molar-refractivity contribution in [1.82, 2.24) is 0 Å². The molecule has 3 unspecified atom stereocenters. The predicted molar refractivity (Wildman–Crippen MR) is 127 cm³/mol. The number of rotatable bonds is 9. The van der Waals surface area contributed by atoms with Crippen molar-refractivity contribution in [3.8, 4) is 5.75 Å². The van der Waals surface area contributed by atoms with Crippen molar-refractivity contribution in [1.29, 1.82) is 0 Å². The zero-order valence-corrected chi connectivity index (χ0v) is 20.0. The third-order valence-electron chi connectivity index (χ3n) is 5.62. The first-order valence-corrected chi connectivity index (χ1v) is 11.3. The molecule has 0 aliphatic heterocycles. The molecule has 0 aliphatic carbocycles. The summed E-state index contributed by atoms with van der Waals surface area (Å²) in [4.78, 5) is 0. The van der Waals surface area contributed by atoms with Crippen LogP contribution in [0.5, 0.6) is 5.75 Å². The minimum absolute atomic E-state index is 0.0369. The fourth-order valence-corrected chi connectivity index (χ4v) is 3.04. The lowest BCUT2D eigenvalue weighted by atomic mass is 9.78. The molecular weight excluding hydrogens is 372 g/mol. The largest absolute Gasteiger partial charge is 0.493 e. The average molecular weight is 415 g/mol. The number of ether oxygens (including phenoxy) is 1. The molecule has 0 radical (unpaired) electrons. The van der Waals surface area contributed by atoms with Crippen LogP contribution in [0.15, 0.2) is 48.5 Å². The normalized spacial score (nSPS) is 14.3. The van der Waals surface area contributed by atoms with Crippen molar-refractivity contribution in [2.75, 3.05) is 6.61 Å². The van der Waals surface area contributed by atoms with Gasteiger partial charge in [-0.05, 0) is 62.3 Å². The van der Waals surface area contributed by atoms with Gasteiger partial charge in [-0.25, -0.2) is 0 Å². The quantitative estimate of drug-likeness (QED) is 0.508. The molecule has 0 bridgehead atoms. The summed E-state index contributed by atoms with van der Waals surface area (Å²) in [5.74, 6) is 1.24. The van der Waals surface area contributed by atoms with Crippen LogP contribution < -0.4 is 4.74 Å². The van der Waals surface area contributed by atoms with E-state index in [1.807, 2.05) is 26.0 Å². The Bertz CT molecular complexity index is 702. The molecule has 0 aliphatic rings. The summed E-state index contributed by atoms with van der Waals surface area (Å²) in [6.07, 6.45) is 2.11. The molecule has 2 aromatic rings. The molecule has 0 aromatic heterocycles. The van der Waals surface area contributed by atoms with Crippen molar-refractivity contribution >= 4 is 0 Å². The van der Waals surface area contributed by atoms with E-state index in [2.05, 4.69) is 64.1 Å². The zero-order chi connectivity index (χ0) is 22.7. The molecule has 2 rings (SSSR count). The van der Waals surface area contributed by atoms with Gasteiger partial charge >= 0.3 is 0 Å². The summed E-state index contributed by atoms with van der Waals surface area (Å²) < 4.78 is 5.89. The standard InChI is InChI=1S/C23H32O2.C4H10O/c1-6-21(24)15-18(3)16-25-22-13-11-20(12-14-22)23(4,5)19-9-7-17(2)8-10-19;1-3-4(2)5/h7-14,18,21,24H,6,15-16H2,1-5H3;4-5H,3H2,1-2H3. The van der Waals surface area contributed by atoms with Gasteiger partial charge < -0.3 is 14.9 Å². The van der Waals surface area contributed by atoms with Crippen molar-refractivity contribution in [3.63, 3.8) is 0 Å². The third kappa shape index (κ3) is 8.89. The van der Waals surface area contributed by atoms with Gasteiger partial charge in [0, 0.05) is 5.41 Å². The Morgan fingerprint density at radius 2 is 1.30 bits per heavy atom. The van der Waals surface area contributed by atoms with Gasteiger partial charge in [0.15, 0.2) is 0 Å². The number of aliphatic hydroxyl groups excluding tert-OH is 2. The number of hydrogen-bond acceptors (Lipinski definition) is 3. The van der Waals surface area contributed by atoms with E-state index in [9.17, 15) is 5.11 Å². The molecule has 2 aromatic carbocycles. The average Bonchev–Trinajstić information content (AvgIpc) is 2.73. The van der Waals surface area contributed by atoms with Crippen LogP contribution >= 0.6 is 0 Å². The molecule has 2 N–H and O–H groups in total. The van der Waals surface area contributed by atoms with Crippen LogP contribution in [-0.4, -0.2) is 29.0 Å². The Morgan fingerprint density at radius 1 is 0.833 bits per heavy atom. The van der Waals surface area contributed by atoms with Crippen LogP contribution in [0.3, 0.4) is 0 Å². The Balaban J connectivity index is 0.000000804. The van der Waals surface area contributed by atoms with Crippen LogP contribution in [0.1, 0.15) is 77.5 Å². The molecule has 3 heteroatoms. The summed E-state index contributed by atoms with van der Waals surface area (Å²) in [6, 6.07) is 17.2. The first kappa shape index (κ1) is 26.2. The first-order valence-electron chi connectivity index (χ1n) is 11.3. The van der Waals surface area contributed by atoms with Crippen LogP contribution in [0, 0.1) is 12.8 Å². The SMILES string of the molecule is CCC(C)O.CCC(O)CC(C)COc1ccc(C(C)(C)c2ccc(C)cc2)cc1. The van der Waals surface area contributed by atoms with E-state index in [0.29, 0.717) is 12.5 Å². The van der Waals surface area contributed by atoms with Gasteiger partial charge in [-0.1, -0.05) is 76.6 Å². The zero-order valence-electron chi connectivity index (χ0n) is 20.0. The van der Waals surface area contributed by atoms with Crippen LogP contribution in [0.4, 0.5) is 0 Å². The predicted octanol–water partition coefficient (Wildman–Crippen LogP) is 6.27. The molecule has 0 heterocycles. The summed E-state index contributed by atoms with van der Waals surface area (Å²) in [5, 5.41) is 18.1. The Morgan fingerprint density at radius 3 is 1.73 bits per heavy atom. The van der Waals surface area contributed by atoms with Gasteiger partial charge in [-0.2, -0.15) is 0 Å². The van der Waals surface area contributed by atoms with E-state index in [4.69, 9.17) is 9.84 Å². The third-order valence-corrected chi connectivity index (χ3v) is 5.62. The molecular formula is C27H42O3.